The summed E-state index contributed by atoms with van der Waals surface area (Å²) in [6, 6.07) is 9.16. The molecule has 3 amide bonds. The van der Waals surface area contributed by atoms with Gasteiger partial charge in [0.2, 0.25) is 11.8 Å². The molecule has 3 rings (SSSR count). The standard InChI is InChI=1S/C24H28ClN3O4/c1-2-14-28(21(29)16-26-23(30)20-9-6-15-32-20)22(17-10-12-18(25)13-11-17)24(31)27-19-7-4-3-5-8-19/h2,6,9-13,15,19,22H,1,3-5,7-8,14,16H2,(H,26,30)(H,27,31). The Balaban J connectivity index is 1.80. The fraction of sp³-hybridized carbons (Fsp3) is 0.375. The number of halogens is 1. The molecule has 2 aromatic rings. The smallest absolute Gasteiger partial charge is 0.287 e. The van der Waals surface area contributed by atoms with Crippen LogP contribution in [0.1, 0.15) is 54.3 Å². The Hall–Kier alpha value is -3.06. The highest BCUT2D eigenvalue weighted by atomic mass is 35.5. The number of carbonyl (C=O) groups excluding carboxylic acids is 3. The number of nitrogens with one attached hydrogen (secondary N) is 2. The van der Waals surface area contributed by atoms with Crippen LogP contribution in [0, 0.1) is 0 Å². The summed E-state index contributed by atoms with van der Waals surface area (Å²) in [7, 11) is 0. The van der Waals surface area contributed by atoms with Crippen LogP contribution >= 0.6 is 11.6 Å². The molecule has 1 aliphatic carbocycles. The molecule has 1 fully saturated rings. The van der Waals surface area contributed by atoms with Crippen LogP contribution in [-0.4, -0.2) is 41.8 Å². The van der Waals surface area contributed by atoms with Crippen molar-refractivity contribution in [2.45, 2.75) is 44.2 Å². The van der Waals surface area contributed by atoms with Crippen molar-refractivity contribution >= 4 is 29.3 Å². The van der Waals surface area contributed by atoms with E-state index >= 15 is 0 Å². The van der Waals surface area contributed by atoms with Gasteiger partial charge in [0.1, 0.15) is 6.04 Å². The normalized spacial score (nSPS) is 14.9. The summed E-state index contributed by atoms with van der Waals surface area (Å²) in [5.41, 5.74) is 0.635. The van der Waals surface area contributed by atoms with E-state index in [1.165, 1.54) is 23.7 Å². The van der Waals surface area contributed by atoms with Gasteiger partial charge in [-0.15, -0.1) is 6.58 Å². The quantitative estimate of drug-likeness (QED) is 0.559. The molecule has 1 unspecified atom stereocenters. The van der Waals surface area contributed by atoms with Gasteiger partial charge in [0.05, 0.1) is 12.8 Å². The molecule has 170 valence electrons. The summed E-state index contributed by atoms with van der Waals surface area (Å²) in [5, 5.41) is 6.19. The van der Waals surface area contributed by atoms with Gasteiger partial charge in [-0.05, 0) is 42.7 Å². The van der Waals surface area contributed by atoms with Crippen LogP contribution < -0.4 is 10.6 Å². The summed E-state index contributed by atoms with van der Waals surface area (Å²) in [5.74, 6) is -1.07. The largest absolute Gasteiger partial charge is 0.459 e. The molecule has 0 saturated heterocycles. The topological polar surface area (TPSA) is 91.7 Å². The third-order valence-electron chi connectivity index (χ3n) is 5.49. The van der Waals surface area contributed by atoms with Crippen molar-refractivity contribution in [3.8, 4) is 0 Å². The van der Waals surface area contributed by atoms with Gasteiger partial charge in [-0.25, -0.2) is 0 Å². The van der Waals surface area contributed by atoms with Gasteiger partial charge in [0.15, 0.2) is 5.76 Å². The Morgan fingerprint density at radius 1 is 1.16 bits per heavy atom. The predicted octanol–water partition coefficient (Wildman–Crippen LogP) is 3.87. The van der Waals surface area contributed by atoms with Crippen molar-refractivity contribution < 1.29 is 18.8 Å². The number of carbonyl (C=O) groups is 3. The Bertz CT molecular complexity index is 921. The van der Waals surface area contributed by atoms with Gasteiger partial charge in [0, 0.05) is 17.6 Å². The van der Waals surface area contributed by atoms with Crippen molar-refractivity contribution in [2.75, 3.05) is 13.1 Å². The van der Waals surface area contributed by atoms with Crippen molar-refractivity contribution in [1.82, 2.24) is 15.5 Å². The number of hydrogen-bond acceptors (Lipinski definition) is 4. The number of nitrogens with zero attached hydrogens (tertiary/aromatic N) is 1. The van der Waals surface area contributed by atoms with E-state index in [4.69, 9.17) is 16.0 Å². The predicted molar refractivity (Wildman–Crippen MR) is 122 cm³/mol. The van der Waals surface area contributed by atoms with Gasteiger partial charge in [-0.3, -0.25) is 14.4 Å². The maximum Gasteiger partial charge on any atom is 0.287 e. The van der Waals surface area contributed by atoms with Gasteiger partial charge in [-0.1, -0.05) is 49.1 Å². The highest BCUT2D eigenvalue weighted by molar-refractivity contribution is 6.30. The summed E-state index contributed by atoms with van der Waals surface area (Å²) in [6.45, 7) is 3.59. The SMILES string of the molecule is C=CCN(C(=O)CNC(=O)c1ccco1)C(C(=O)NC1CCCCC1)c1ccc(Cl)cc1. The van der Waals surface area contributed by atoms with E-state index < -0.39 is 17.9 Å². The van der Waals surface area contributed by atoms with Crippen molar-refractivity contribution in [2.24, 2.45) is 0 Å². The van der Waals surface area contributed by atoms with Gasteiger partial charge in [0.25, 0.3) is 5.91 Å². The van der Waals surface area contributed by atoms with Crippen molar-refractivity contribution in [3.05, 3.63) is 71.7 Å². The van der Waals surface area contributed by atoms with E-state index in [0.717, 1.165) is 25.7 Å². The molecule has 1 aromatic heterocycles. The molecule has 0 spiro atoms. The molecule has 1 heterocycles. The zero-order chi connectivity index (χ0) is 22.9. The third kappa shape index (κ3) is 6.23. The molecule has 2 N–H and O–H groups in total. The van der Waals surface area contributed by atoms with Crippen LogP contribution in [0.15, 0.2) is 59.7 Å². The van der Waals surface area contributed by atoms with Crippen LogP contribution in [-0.2, 0) is 9.59 Å². The molecule has 1 aliphatic rings. The second-order valence-corrected chi connectivity index (χ2v) is 8.23. The number of amides is 3. The molecule has 0 aliphatic heterocycles. The first-order valence-corrected chi connectivity index (χ1v) is 11.2. The van der Waals surface area contributed by atoms with E-state index in [1.54, 1.807) is 36.4 Å². The third-order valence-corrected chi connectivity index (χ3v) is 5.74. The van der Waals surface area contributed by atoms with E-state index in [2.05, 4.69) is 17.2 Å². The number of hydrogen-bond donors (Lipinski definition) is 2. The molecule has 0 radical (unpaired) electrons. The van der Waals surface area contributed by atoms with Crippen molar-refractivity contribution in [1.29, 1.82) is 0 Å². The van der Waals surface area contributed by atoms with Gasteiger partial charge >= 0.3 is 0 Å². The van der Waals surface area contributed by atoms with Gasteiger partial charge in [-0.2, -0.15) is 0 Å². The van der Waals surface area contributed by atoms with E-state index in [9.17, 15) is 14.4 Å². The van der Waals surface area contributed by atoms with Crippen LogP contribution in [0.3, 0.4) is 0 Å². The fourth-order valence-corrected chi connectivity index (χ4v) is 4.01. The zero-order valence-corrected chi connectivity index (χ0v) is 18.6. The summed E-state index contributed by atoms with van der Waals surface area (Å²) >= 11 is 6.03. The summed E-state index contributed by atoms with van der Waals surface area (Å²) < 4.78 is 5.06. The zero-order valence-electron chi connectivity index (χ0n) is 17.9. The molecule has 1 aromatic carbocycles. The lowest BCUT2D eigenvalue weighted by Gasteiger charge is -2.33. The maximum atomic E-state index is 13.4. The summed E-state index contributed by atoms with van der Waals surface area (Å²) in [4.78, 5) is 40.1. The van der Waals surface area contributed by atoms with E-state index in [-0.39, 0.29) is 30.8 Å². The Morgan fingerprint density at radius 2 is 1.88 bits per heavy atom. The minimum Gasteiger partial charge on any atom is -0.459 e. The van der Waals surface area contributed by atoms with Gasteiger partial charge < -0.3 is 20.0 Å². The van der Waals surface area contributed by atoms with Crippen LogP contribution in [0.25, 0.3) is 0 Å². The summed E-state index contributed by atoms with van der Waals surface area (Å²) in [6.07, 6.45) is 8.11. The number of furan rings is 1. The second kappa shape index (κ2) is 11.5. The molecule has 1 saturated carbocycles. The molecule has 8 heteroatoms. The Labute approximate surface area is 192 Å². The first-order chi connectivity index (χ1) is 15.5. The van der Waals surface area contributed by atoms with Crippen molar-refractivity contribution in [3.63, 3.8) is 0 Å². The number of rotatable bonds is 9. The lowest BCUT2D eigenvalue weighted by atomic mass is 9.94. The lowest BCUT2D eigenvalue weighted by Crippen LogP contribution is -2.49. The Kier molecular flexibility index (Phi) is 8.50. The minimum atomic E-state index is -0.875. The van der Waals surface area contributed by atoms with E-state index in [1.807, 2.05) is 0 Å². The minimum absolute atomic E-state index is 0.0883. The molecule has 1 atom stereocenters. The fourth-order valence-electron chi connectivity index (χ4n) is 3.89. The average Bonchev–Trinajstić information content (AvgIpc) is 3.34. The average molecular weight is 458 g/mol. The molecule has 0 bridgehead atoms. The first kappa shape index (κ1) is 23.6. The molecule has 32 heavy (non-hydrogen) atoms. The maximum absolute atomic E-state index is 13.4. The molecule has 7 nitrogen and oxygen atoms in total. The lowest BCUT2D eigenvalue weighted by molar-refractivity contribution is -0.139. The second-order valence-electron chi connectivity index (χ2n) is 7.79. The first-order valence-electron chi connectivity index (χ1n) is 10.8. The monoisotopic (exact) mass is 457 g/mol. The highest BCUT2D eigenvalue weighted by Crippen LogP contribution is 2.25. The van der Waals surface area contributed by atoms with Crippen LogP contribution in [0.2, 0.25) is 5.02 Å². The van der Waals surface area contributed by atoms with Crippen LogP contribution in [0.5, 0.6) is 0 Å². The molecular formula is C24H28ClN3O4. The van der Waals surface area contributed by atoms with E-state index in [0.29, 0.717) is 10.6 Å². The highest BCUT2D eigenvalue weighted by Gasteiger charge is 2.32. The number of benzene rings is 1. The van der Waals surface area contributed by atoms with Crippen LogP contribution in [0.4, 0.5) is 0 Å². The molecular weight excluding hydrogens is 430 g/mol. The Morgan fingerprint density at radius 3 is 2.50 bits per heavy atom.